The molecule has 4 rings (SSSR count). The minimum absolute atomic E-state index is 0.0319. The maximum absolute atomic E-state index is 12.9. The van der Waals surface area contributed by atoms with Gasteiger partial charge in [0.1, 0.15) is 12.4 Å². The molecular weight excluding hydrogens is 366 g/mol. The van der Waals surface area contributed by atoms with Gasteiger partial charge in [0.25, 0.3) is 0 Å². The van der Waals surface area contributed by atoms with Gasteiger partial charge in [-0.1, -0.05) is 38.1 Å². The average molecular weight is 391 g/mol. The number of carbonyl (C=O) groups is 1. The van der Waals surface area contributed by atoms with Crippen molar-refractivity contribution < 1.29 is 4.79 Å². The summed E-state index contributed by atoms with van der Waals surface area (Å²) in [7, 11) is 0. The summed E-state index contributed by atoms with van der Waals surface area (Å²) in [5, 5.41) is 3.06. The standard InChI is InChI=1S/C22H25N5O2/c1-4-26-17-11-7-8-12-18(17)27(22(26)29)13-19(28)25-20(14(2)3)21-23-15-9-5-6-10-16(15)24-21/h5-12,14,20H,4,13H2,1-3H3,(H,23,24)(H,25,28)/t20-/m1/s1. The predicted molar refractivity (Wildman–Crippen MR) is 114 cm³/mol. The minimum Gasteiger partial charge on any atom is -0.344 e. The van der Waals surface area contributed by atoms with Crippen molar-refractivity contribution in [2.24, 2.45) is 5.92 Å². The Morgan fingerprint density at radius 1 is 1.07 bits per heavy atom. The van der Waals surface area contributed by atoms with Crippen LogP contribution in [0, 0.1) is 5.92 Å². The molecule has 2 heterocycles. The Hall–Kier alpha value is -3.35. The van der Waals surface area contributed by atoms with Gasteiger partial charge in [-0.2, -0.15) is 0 Å². The van der Waals surface area contributed by atoms with Gasteiger partial charge in [0.15, 0.2) is 0 Å². The van der Waals surface area contributed by atoms with Crippen LogP contribution in [0.1, 0.15) is 32.6 Å². The average Bonchev–Trinajstić information content (AvgIpc) is 3.25. The maximum Gasteiger partial charge on any atom is 0.329 e. The number of nitrogens with zero attached hydrogens (tertiary/aromatic N) is 3. The molecular formula is C22H25N5O2. The number of hydrogen-bond donors (Lipinski definition) is 2. The number of para-hydroxylation sites is 4. The Balaban J connectivity index is 1.62. The molecule has 7 heteroatoms. The number of imidazole rings is 2. The van der Waals surface area contributed by atoms with Gasteiger partial charge in [0.05, 0.1) is 28.1 Å². The van der Waals surface area contributed by atoms with Crippen LogP contribution in [0.15, 0.2) is 53.3 Å². The number of aryl methyl sites for hydroxylation is 1. The number of amides is 1. The molecule has 0 unspecified atom stereocenters. The first-order chi connectivity index (χ1) is 14.0. The van der Waals surface area contributed by atoms with Crippen molar-refractivity contribution in [2.75, 3.05) is 0 Å². The van der Waals surface area contributed by atoms with E-state index >= 15 is 0 Å². The first-order valence-electron chi connectivity index (χ1n) is 9.91. The number of hydrogen-bond acceptors (Lipinski definition) is 3. The molecule has 0 bridgehead atoms. The van der Waals surface area contributed by atoms with Gasteiger partial charge in [-0.15, -0.1) is 0 Å². The van der Waals surface area contributed by atoms with E-state index in [2.05, 4.69) is 15.3 Å². The lowest BCUT2D eigenvalue weighted by Gasteiger charge is -2.20. The zero-order valence-corrected chi connectivity index (χ0v) is 16.8. The number of rotatable bonds is 6. The summed E-state index contributed by atoms with van der Waals surface area (Å²) in [4.78, 5) is 33.6. The normalized spacial score (nSPS) is 12.7. The number of nitrogens with one attached hydrogen (secondary N) is 2. The smallest absolute Gasteiger partial charge is 0.329 e. The highest BCUT2D eigenvalue weighted by Crippen LogP contribution is 2.22. The largest absolute Gasteiger partial charge is 0.344 e. The van der Waals surface area contributed by atoms with Crippen LogP contribution in [0.3, 0.4) is 0 Å². The van der Waals surface area contributed by atoms with Crippen LogP contribution in [0.25, 0.3) is 22.1 Å². The van der Waals surface area contributed by atoms with Gasteiger partial charge in [-0.05, 0) is 37.1 Å². The van der Waals surface area contributed by atoms with Crippen LogP contribution in [-0.2, 0) is 17.9 Å². The number of aromatic amines is 1. The van der Waals surface area contributed by atoms with Crippen LogP contribution in [-0.4, -0.2) is 25.0 Å². The Bertz CT molecular complexity index is 1200. The summed E-state index contributed by atoms with van der Waals surface area (Å²) < 4.78 is 3.21. The van der Waals surface area contributed by atoms with Crippen LogP contribution in [0.5, 0.6) is 0 Å². The van der Waals surface area contributed by atoms with Crippen LogP contribution in [0.4, 0.5) is 0 Å². The minimum atomic E-state index is -0.273. The zero-order chi connectivity index (χ0) is 20.5. The van der Waals surface area contributed by atoms with E-state index in [-0.39, 0.29) is 30.1 Å². The second-order valence-electron chi connectivity index (χ2n) is 7.53. The van der Waals surface area contributed by atoms with E-state index in [1.807, 2.05) is 69.3 Å². The van der Waals surface area contributed by atoms with Crippen LogP contribution < -0.4 is 11.0 Å². The van der Waals surface area contributed by atoms with Gasteiger partial charge in [-0.3, -0.25) is 13.9 Å². The Kier molecular flexibility index (Phi) is 4.96. The molecule has 0 aliphatic heterocycles. The van der Waals surface area contributed by atoms with E-state index in [1.165, 1.54) is 4.57 Å². The maximum atomic E-state index is 12.9. The van der Waals surface area contributed by atoms with Gasteiger partial charge in [0, 0.05) is 6.54 Å². The fourth-order valence-corrected chi connectivity index (χ4v) is 3.76. The Morgan fingerprint density at radius 2 is 1.72 bits per heavy atom. The molecule has 4 aromatic rings. The molecule has 7 nitrogen and oxygen atoms in total. The molecule has 0 spiro atoms. The summed E-state index contributed by atoms with van der Waals surface area (Å²) in [6, 6.07) is 15.1. The van der Waals surface area contributed by atoms with Crippen LogP contribution >= 0.6 is 0 Å². The molecule has 2 aromatic carbocycles. The van der Waals surface area contributed by atoms with Crippen molar-refractivity contribution in [3.63, 3.8) is 0 Å². The van der Waals surface area contributed by atoms with E-state index in [4.69, 9.17) is 0 Å². The van der Waals surface area contributed by atoms with Crippen molar-refractivity contribution in [1.29, 1.82) is 0 Å². The number of H-pyrrole nitrogens is 1. The molecule has 0 aliphatic carbocycles. The number of fused-ring (bicyclic) bond motifs is 2. The summed E-state index contributed by atoms with van der Waals surface area (Å²) >= 11 is 0. The van der Waals surface area contributed by atoms with Crippen molar-refractivity contribution in [2.45, 2.75) is 39.9 Å². The van der Waals surface area contributed by atoms with Crippen LogP contribution in [0.2, 0.25) is 0 Å². The fourth-order valence-electron chi connectivity index (χ4n) is 3.76. The quantitative estimate of drug-likeness (QED) is 0.529. The molecule has 2 N–H and O–H groups in total. The highest BCUT2D eigenvalue weighted by Gasteiger charge is 2.23. The number of aromatic nitrogens is 4. The lowest BCUT2D eigenvalue weighted by atomic mass is 10.0. The summed E-state index contributed by atoms with van der Waals surface area (Å²) in [5.74, 6) is 0.636. The molecule has 150 valence electrons. The summed E-state index contributed by atoms with van der Waals surface area (Å²) in [5.41, 5.74) is 3.23. The van der Waals surface area contributed by atoms with E-state index in [9.17, 15) is 9.59 Å². The molecule has 0 aliphatic rings. The second kappa shape index (κ2) is 7.58. The topological polar surface area (TPSA) is 84.7 Å². The number of benzene rings is 2. The van der Waals surface area contributed by atoms with Gasteiger partial charge < -0.3 is 10.3 Å². The van der Waals surface area contributed by atoms with Gasteiger partial charge in [0.2, 0.25) is 5.91 Å². The van der Waals surface area contributed by atoms with E-state index in [0.29, 0.717) is 6.54 Å². The Morgan fingerprint density at radius 3 is 2.38 bits per heavy atom. The van der Waals surface area contributed by atoms with Crippen molar-refractivity contribution >= 4 is 28.0 Å². The molecule has 0 radical (unpaired) electrons. The monoisotopic (exact) mass is 391 g/mol. The summed E-state index contributed by atoms with van der Waals surface area (Å²) in [6.07, 6.45) is 0. The molecule has 2 aromatic heterocycles. The SMILES string of the molecule is CCn1c(=O)n(CC(=O)N[C@@H](c2nc3ccccc3[nH]2)C(C)C)c2ccccc21. The molecule has 1 atom stereocenters. The third-order valence-electron chi connectivity index (χ3n) is 5.23. The Labute approximate surface area is 168 Å². The molecule has 29 heavy (non-hydrogen) atoms. The third kappa shape index (κ3) is 3.44. The van der Waals surface area contributed by atoms with Gasteiger partial charge >= 0.3 is 5.69 Å². The summed E-state index contributed by atoms with van der Waals surface area (Å²) in [6.45, 7) is 6.52. The predicted octanol–water partition coefficient (Wildman–Crippen LogP) is 3.21. The molecule has 0 saturated carbocycles. The molecule has 0 saturated heterocycles. The van der Waals surface area contributed by atoms with Crippen molar-refractivity contribution in [3.05, 3.63) is 64.8 Å². The fraction of sp³-hybridized carbons (Fsp3) is 0.318. The lowest BCUT2D eigenvalue weighted by Crippen LogP contribution is -2.37. The van der Waals surface area contributed by atoms with Crippen molar-refractivity contribution in [3.8, 4) is 0 Å². The highest BCUT2D eigenvalue weighted by atomic mass is 16.2. The van der Waals surface area contributed by atoms with Crippen molar-refractivity contribution in [1.82, 2.24) is 24.4 Å². The highest BCUT2D eigenvalue weighted by molar-refractivity contribution is 5.81. The van der Waals surface area contributed by atoms with E-state index in [0.717, 1.165) is 27.9 Å². The van der Waals surface area contributed by atoms with E-state index < -0.39 is 0 Å². The van der Waals surface area contributed by atoms with Gasteiger partial charge in [-0.25, -0.2) is 9.78 Å². The third-order valence-corrected chi connectivity index (χ3v) is 5.23. The number of carbonyl (C=O) groups excluding carboxylic acids is 1. The second-order valence-corrected chi connectivity index (χ2v) is 7.53. The zero-order valence-electron chi connectivity index (χ0n) is 16.8. The van der Waals surface area contributed by atoms with E-state index in [1.54, 1.807) is 4.57 Å². The molecule has 0 fully saturated rings. The molecule has 1 amide bonds. The first kappa shape index (κ1) is 19.0. The first-order valence-corrected chi connectivity index (χ1v) is 9.91. The lowest BCUT2D eigenvalue weighted by molar-refractivity contribution is -0.122.